The molecule has 2 aromatic heterocycles. The second-order valence-electron chi connectivity index (χ2n) is 6.41. The second-order valence-corrected chi connectivity index (χ2v) is 8.43. The minimum atomic E-state index is -4.50. The summed E-state index contributed by atoms with van der Waals surface area (Å²) in [5.74, 6) is -0.427. The van der Waals surface area contributed by atoms with Crippen LogP contribution >= 0.6 is 11.3 Å². The van der Waals surface area contributed by atoms with Crippen LogP contribution in [0, 0.1) is 6.92 Å². The van der Waals surface area contributed by atoms with Crippen LogP contribution in [-0.2, 0) is 24.0 Å². The minimum absolute atomic E-state index is 0.111. The summed E-state index contributed by atoms with van der Waals surface area (Å²) in [4.78, 5) is 21.3. The number of aromatic nitrogens is 2. The number of benzene rings is 1. The van der Waals surface area contributed by atoms with Crippen molar-refractivity contribution in [2.24, 2.45) is 0 Å². The summed E-state index contributed by atoms with van der Waals surface area (Å²) < 4.78 is 63.0. The number of thiazole rings is 1. The van der Waals surface area contributed by atoms with E-state index in [4.69, 9.17) is 0 Å². The normalized spacial score (nSPS) is 13.6. The molecule has 0 aliphatic heterocycles. The van der Waals surface area contributed by atoms with Crippen molar-refractivity contribution in [1.29, 1.82) is 0 Å². The Morgan fingerprint density at radius 3 is 2.32 bits per heavy atom. The fourth-order valence-electron chi connectivity index (χ4n) is 2.74. The SMILES string of the molecule is Cc1ncc(CNC(=O)c2ccc(C(NS(=O)[O-])c3ccc(C(F)(F)F)cc3)cn2)s1. The molecule has 0 fully saturated rings. The van der Waals surface area contributed by atoms with Crippen LogP contribution in [-0.4, -0.2) is 24.6 Å². The molecule has 164 valence electrons. The molecule has 2 unspecified atom stereocenters. The number of amides is 1. The largest absolute Gasteiger partial charge is 0.760 e. The van der Waals surface area contributed by atoms with Crippen LogP contribution < -0.4 is 10.0 Å². The van der Waals surface area contributed by atoms with Crippen molar-refractivity contribution >= 4 is 28.5 Å². The average Bonchev–Trinajstić information content (AvgIpc) is 3.15. The highest BCUT2D eigenvalue weighted by Crippen LogP contribution is 2.31. The number of hydrogen-bond donors (Lipinski definition) is 2. The number of nitrogens with one attached hydrogen (secondary N) is 2. The Morgan fingerprint density at radius 2 is 1.81 bits per heavy atom. The van der Waals surface area contributed by atoms with Crippen molar-refractivity contribution in [3.05, 3.63) is 81.1 Å². The first-order valence-electron chi connectivity index (χ1n) is 8.81. The highest BCUT2D eigenvalue weighted by atomic mass is 32.2. The minimum Gasteiger partial charge on any atom is -0.760 e. The molecule has 0 spiro atoms. The van der Waals surface area contributed by atoms with Crippen LogP contribution in [0.1, 0.15) is 43.1 Å². The third kappa shape index (κ3) is 6.17. The first kappa shape index (κ1) is 23.0. The van der Waals surface area contributed by atoms with Crippen molar-refractivity contribution in [1.82, 2.24) is 20.0 Å². The van der Waals surface area contributed by atoms with Crippen LogP contribution in [0.3, 0.4) is 0 Å². The highest BCUT2D eigenvalue weighted by molar-refractivity contribution is 7.77. The van der Waals surface area contributed by atoms with Crippen LogP contribution in [0.5, 0.6) is 0 Å². The van der Waals surface area contributed by atoms with Gasteiger partial charge in [-0.15, -0.1) is 11.3 Å². The van der Waals surface area contributed by atoms with E-state index >= 15 is 0 Å². The summed E-state index contributed by atoms with van der Waals surface area (Å²) in [5, 5.41) is 3.59. The lowest BCUT2D eigenvalue weighted by Gasteiger charge is -2.21. The first-order valence-corrected chi connectivity index (χ1v) is 10.7. The van der Waals surface area contributed by atoms with Gasteiger partial charge in [-0.2, -0.15) is 13.2 Å². The summed E-state index contributed by atoms with van der Waals surface area (Å²) in [6.07, 6.45) is -1.54. The summed E-state index contributed by atoms with van der Waals surface area (Å²) in [7, 11) is 0. The molecule has 0 saturated carbocycles. The number of pyridine rings is 1. The molecule has 3 aromatic rings. The van der Waals surface area contributed by atoms with E-state index in [2.05, 4.69) is 20.0 Å². The second kappa shape index (κ2) is 9.64. The molecular formula is C19H16F3N4O3S2-. The lowest BCUT2D eigenvalue weighted by molar-refractivity contribution is -0.137. The van der Waals surface area contributed by atoms with E-state index in [-0.39, 0.29) is 11.3 Å². The molecule has 0 aliphatic carbocycles. The number of hydrogen-bond acceptors (Lipinski definition) is 6. The summed E-state index contributed by atoms with van der Waals surface area (Å²) in [6, 6.07) is 6.04. The Labute approximate surface area is 182 Å². The van der Waals surface area contributed by atoms with E-state index in [0.29, 0.717) is 12.1 Å². The first-order chi connectivity index (χ1) is 14.6. The predicted octanol–water partition coefficient (Wildman–Crippen LogP) is 3.27. The van der Waals surface area contributed by atoms with E-state index in [9.17, 15) is 26.7 Å². The highest BCUT2D eigenvalue weighted by Gasteiger charge is 2.30. The summed E-state index contributed by atoms with van der Waals surface area (Å²) in [5.41, 5.74) is -0.0886. The zero-order valence-electron chi connectivity index (χ0n) is 16.0. The zero-order chi connectivity index (χ0) is 22.6. The third-order valence-corrected chi connectivity index (χ3v) is 5.57. The number of nitrogens with zero attached hydrogens (tertiary/aromatic N) is 2. The number of rotatable bonds is 7. The Bertz CT molecular complexity index is 1070. The van der Waals surface area contributed by atoms with E-state index in [1.54, 1.807) is 6.20 Å². The molecule has 12 heteroatoms. The smallest absolute Gasteiger partial charge is 0.416 e. The number of halogens is 3. The Kier molecular flexibility index (Phi) is 7.15. The molecule has 0 saturated heterocycles. The number of alkyl halides is 3. The van der Waals surface area contributed by atoms with Crippen molar-refractivity contribution in [3.63, 3.8) is 0 Å². The van der Waals surface area contributed by atoms with Crippen molar-refractivity contribution in [3.8, 4) is 0 Å². The van der Waals surface area contributed by atoms with Gasteiger partial charge < -0.3 is 9.87 Å². The Balaban J connectivity index is 1.76. The topological polar surface area (TPSA) is 107 Å². The molecule has 7 nitrogen and oxygen atoms in total. The van der Waals surface area contributed by atoms with Gasteiger partial charge in [0.15, 0.2) is 0 Å². The van der Waals surface area contributed by atoms with Gasteiger partial charge in [-0.1, -0.05) is 18.2 Å². The van der Waals surface area contributed by atoms with Crippen molar-refractivity contribution < 1.29 is 26.7 Å². The van der Waals surface area contributed by atoms with E-state index in [1.807, 2.05) is 6.92 Å². The van der Waals surface area contributed by atoms with Gasteiger partial charge in [-0.3, -0.25) is 14.0 Å². The van der Waals surface area contributed by atoms with Crippen LogP contribution in [0.15, 0.2) is 48.8 Å². The monoisotopic (exact) mass is 469 g/mol. The van der Waals surface area contributed by atoms with Crippen LogP contribution in [0.25, 0.3) is 0 Å². The molecule has 0 aliphatic rings. The maximum absolute atomic E-state index is 12.8. The van der Waals surface area contributed by atoms with Gasteiger partial charge in [0, 0.05) is 28.5 Å². The molecular weight excluding hydrogens is 453 g/mol. The van der Waals surface area contributed by atoms with Crippen LogP contribution in [0.4, 0.5) is 13.2 Å². The Hall–Kier alpha value is -2.67. The van der Waals surface area contributed by atoms with Gasteiger partial charge in [0.1, 0.15) is 5.69 Å². The Morgan fingerprint density at radius 1 is 1.13 bits per heavy atom. The van der Waals surface area contributed by atoms with Crippen LogP contribution in [0.2, 0.25) is 0 Å². The molecule has 31 heavy (non-hydrogen) atoms. The van der Waals surface area contributed by atoms with E-state index in [0.717, 1.165) is 22.0 Å². The summed E-state index contributed by atoms with van der Waals surface area (Å²) in [6.45, 7) is 2.14. The van der Waals surface area contributed by atoms with Gasteiger partial charge in [0.25, 0.3) is 5.91 Å². The van der Waals surface area contributed by atoms with E-state index in [1.165, 1.54) is 41.8 Å². The third-order valence-electron chi connectivity index (χ3n) is 4.23. The number of carbonyl (C=O) groups excluding carboxylic acids is 1. The van der Waals surface area contributed by atoms with Gasteiger partial charge in [0.2, 0.25) is 0 Å². The fourth-order valence-corrected chi connectivity index (χ4v) is 3.94. The molecule has 0 radical (unpaired) electrons. The molecule has 0 bridgehead atoms. The standard InChI is InChI=1S/C19H17F3N4O3S2/c1-11-23-9-15(30-11)10-25-18(27)16-7-4-13(8-24-16)17(26-31(28)29)12-2-5-14(6-3-12)19(20,21)22/h2-9,17,26H,10H2,1H3,(H,25,27)(H,28,29)/p-1. The molecule has 1 amide bonds. The molecule has 3 rings (SSSR count). The van der Waals surface area contributed by atoms with Gasteiger partial charge >= 0.3 is 6.18 Å². The van der Waals surface area contributed by atoms with Gasteiger partial charge in [-0.25, -0.2) is 9.71 Å². The van der Waals surface area contributed by atoms with Gasteiger partial charge in [0.05, 0.1) is 23.2 Å². The lowest BCUT2D eigenvalue weighted by atomic mass is 9.99. The number of carbonyl (C=O) groups is 1. The molecule has 1 aromatic carbocycles. The maximum Gasteiger partial charge on any atom is 0.416 e. The maximum atomic E-state index is 12.8. The molecule has 2 atom stereocenters. The summed E-state index contributed by atoms with van der Waals surface area (Å²) >= 11 is -1.24. The molecule has 2 N–H and O–H groups in total. The number of aryl methyl sites for hydroxylation is 1. The quantitative estimate of drug-likeness (QED) is 0.517. The van der Waals surface area contributed by atoms with Crippen molar-refractivity contribution in [2.75, 3.05) is 0 Å². The van der Waals surface area contributed by atoms with Crippen molar-refractivity contribution in [2.45, 2.75) is 25.7 Å². The van der Waals surface area contributed by atoms with E-state index < -0.39 is 35.0 Å². The fraction of sp³-hybridized carbons (Fsp3) is 0.211. The van der Waals surface area contributed by atoms with Gasteiger partial charge in [-0.05, 0) is 36.2 Å². The lowest BCUT2D eigenvalue weighted by Crippen LogP contribution is -2.26. The predicted molar refractivity (Wildman–Crippen MR) is 108 cm³/mol. The average molecular weight is 469 g/mol. The zero-order valence-corrected chi connectivity index (χ0v) is 17.6. The molecule has 2 heterocycles.